The first kappa shape index (κ1) is 56.8. The second-order valence-corrected chi connectivity index (χ2v) is 23.5. The van der Waals surface area contributed by atoms with Crippen molar-refractivity contribution < 1.29 is 114 Å². The van der Waals surface area contributed by atoms with Gasteiger partial charge in [-0.1, -0.05) is 20.8 Å². The third-order valence-electron chi connectivity index (χ3n) is 19.8. The summed E-state index contributed by atoms with van der Waals surface area (Å²) in [4.78, 5) is 0. The third kappa shape index (κ3) is 10.1. The Morgan fingerprint density at radius 2 is 1.18 bits per heavy atom. The predicted molar refractivity (Wildman–Crippen MR) is 246 cm³/mol. The number of rotatable bonds is 15. The summed E-state index contributed by atoms with van der Waals surface area (Å²) < 4.78 is 60.3. The van der Waals surface area contributed by atoms with Gasteiger partial charge in [-0.3, -0.25) is 0 Å². The van der Waals surface area contributed by atoms with Gasteiger partial charge in [0.15, 0.2) is 30.9 Å². The molecule has 23 nitrogen and oxygen atoms in total. The number of hydrogen-bond acceptors (Lipinski definition) is 23. The molecule has 422 valence electrons. The van der Waals surface area contributed by atoms with Crippen LogP contribution in [-0.2, 0) is 47.4 Å². The highest BCUT2D eigenvalue weighted by Gasteiger charge is 2.69. The van der Waals surface area contributed by atoms with Crippen molar-refractivity contribution >= 4 is 0 Å². The molecule has 9 fully saturated rings. The highest BCUT2D eigenvalue weighted by atomic mass is 16.8. The van der Waals surface area contributed by atoms with Crippen LogP contribution in [0.3, 0.4) is 0 Å². The summed E-state index contributed by atoms with van der Waals surface area (Å²) in [6, 6.07) is 0. The molecule has 5 saturated heterocycles. The fourth-order valence-corrected chi connectivity index (χ4v) is 15.6. The Bertz CT molecular complexity index is 1820. The predicted octanol–water partition coefficient (Wildman–Crippen LogP) is -2.91. The lowest BCUT2D eigenvalue weighted by molar-refractivity contribution is -0.380. The Labute approximate surface area is 425 Å². The number of hydrogen-bond donors (Lipinski definition) is 13. The van der Waals surface area contributed by atoms with Crippen LogP contribution >= 0.6 is 0 Å². The molecule has 5 aliphatic heterocycles. The molecule has 0 unspecified atom stereocenters. The van der Waals surface area contributed by atoms with Gasteiger partial charge in [-0.15, -0.1) is 0 Å². The lowest BCUT2D eigenvalue weighted by Crippen LogP contribution is -2.65. The van der Waals surface area contributed by atoms with E-state index in [4.69, 9.17) is 47.4 Å². The maximum Gasteiger partial charge on any atom is 0.187 e. The molecule has 5 heterocycles. The van der Waals surface area contributed by atoms with E-state index in [1.807, 2.05) is 6.92 Å². The van der Waals surface area contributed by atoms with Crippen LogP contribution in [0.5, 0.6) is 0 Å². The first-order valence-electron chi connectivity index (χ1n) is 26.7. The van der Waals surface area contributed by atoms with E-state index in [2.05, 4.69) is 20.8 Å². The van der Waals surface area contributed by atoms with Gasteiger partial charge >= 0.3 is 0 Å². The van der Waals surface area contributed by atoms with Crippen molar-refractivity contribution in [2.75, 3.05) is 33.5 Å². The maximum atomic E-state index is 11.5. The fraction of sp³-hybridized carbons (Fsp3) is 1.00. The van der Waals surface area contributed by atoms with Gasteiger partial charge in [-0.05, 0) is 105 Å². The average Bonchev–Trinajstić information content (AvgIpc) is 3.84. The fourth-order valence-electron chi connectivity index (χ4n) is 15.6. The molecule has 0 aromatic heterocycles. The van der Waals surface area contributed by atoms with E-state index < -0.39 is 155 Å². The minimum absolute atomic E-state index is 0.0195. The van der Waals surface area contributed by atoms with Gasteiger partial charge in [-0.25, -0.2) is 0 Å². The van der Waals surface area contributed by atoms with E-state index in [-0.39, 0.29) is 34.9 Å². The SMILES string of the molecule is CO[C@]1(CC[C@H](C)O[C@H]2O[C@@H](CO)[C@H](O)[C@@H](O)[C@@H]2O)O[C@@H]2C[C@H]3[C@H]4CC[C@H]5C[C@H](O[C@H]6O[C@@H](CO)[C@H](O[C@H]7OC[C@H](O)[C@@H](O)[C@@H]7O[C@H]7O[C@@H](CO)[C@H](O)[C@@H](O)[C@@H]7O)[C@@H](O)[C@@H]6O)CC[C@]5(C)[C@H]4CC[C@@]3(C)[C@@H]2[C@H]1C. The molecule has 9 aliphatic rings. The van der Waals surface area contributed by atoms with Crippen LogP contribution in [0.4, 0.5) is 0 Å². The largest absolute Gasteiger partial charge is 0.394 e. The molecule has 0 amide bonds. The minimum Gasteiger partial charge on any atom is -0.394 e. The van der Waals surface area contributed by atoms with E-state index in [1.165, 1.54) is 0 Å². The molecular weight excluding hydrogens is 969 g/mol. The highest BCUT2D eigenvalue weighted by Crippen LogP contribution is 2.71. The zero-order chi connectivity index (χ0) is 52.6. The van der Waals surface area contributed by atoms with Crippen LogP contribution in [0.15, 0.2) is 0 Å². The van der Waals surface area contributed by atoms with Crippen molar-refractivity contribution in [2.24, 2.45) is 46.3 Å². The average molecular weight is 1050 g/mol. The van der Waals surface area contributed by atoms with Gasteiger partial charge in [0.2, 0.25) is 0 Å². The quantitative estimate of drug-likeness (QED) is 0.0731. The normalized spacial score (nSPS) is 55.6. The summed E-state index contributed by atoms with van der Waals surface area (Å²) in [5.41, 5.74) is 0.0855. The maximum absolute atomic E-state index is 11.5. The van der Waals surface area contributed by atoms with Crippen LogP contribution < -0.4 is 0 Å². The van der Waals surface area contributed by atoms with Crippen LogP contribution in [0.25, 0.3) is 0 Å². The van der Waals surface area contributed by atoms with E-state index in [0.717, 1.165) is 44.9 Å². The van der Waals surface area contributed by atoms with E-state index in [9.17, 15) is 66.4 Å². The Balaban J connectivity index is 0.791. The van der Waals surface area contributed by atoms with Gasteiger partial charge in [0, 0.05) is 19.4 Å². The molecule has 4 saturated carbocycles. The van der Waals surface area contributed by atoms with Crippen molar-refractivity contribution in [2.45, 2.75) is 233 Å². The Kier molecular flexibility index (Phi) is 17.4. The number of methoxy groups -OCH3 is 1. The lowest BCUT2D eigenvalue weighted by atomic mass is 9.44. The summed E-state index contributed by atoms with van der Waals surface area (Å²) >= 11 is 0. The minimum atomic E-state index is -1.86. The van der Waals surface area contributed by atoms with Gasteiger partial charge < -0.3 is 114 Å². The first-order chi connectivity index (χ1) is 34.6. The molecule has 13 N–H and O–H groups in total. The molecular formula is C50H84O23. The van der Waals surface area contributed by atoms with Crippen molar-refractivity contribution in [1.29, 1.82) is 0 Å². The van der Waals surface area contributed by atoms with Gasteiger partial charge in [0.05, 0.1) is 44.7 Å². The third-order valence-corrected chi connectivity index (χ3v) is 19.8. The van der Waals surface area contributed by atoms with Gasteiger partial charge in [0.25, 0.3) is 0 Å². The molecule has 0 bridgehead atoms. The second-order valence-electron chi connectivity index (χ2n) is 23.5. The van der Waals surface area contributed by atoms with Crippen molar-refractivity contribution in [3.05, 3.63) is 0 Å². The van der Waals surface area contributed by atoms with Gasteiger partial charge in [0.1, 0.15) is 91.6 Å². The molecule has 4 aliphatic carbocycles. The topological polar surface area (TPSA) is 355 Å². The monoisotopic (exact) mass is 1050 g/mol. The van der Waals surface area contributed by atoms with Crippen molar-refractivity contribution in [1.82, 2.24) is 0 Å². The van der Waals surface area contributed by atoms with E-state index in [1.54, 1.807) is 7.11 Å². The number of ether oxygens (including phenoxy) is 10. The molecule has 0 spiro atoms. The van der Waals surface area contributed by atoms with E-state index in [0.29, 0.717) is 42.9 Å². The summed E-state index contributed by atoms with van der Waals surface area (Å²) in [5, 5.41) is 136. The number of aliphatic hydroxyl groups excluding tert-OH is 13. The summed E-state index contributed by atoms with van der Waals surface area (Å²) in [6.07, 6.45) is -21.3. The molecule has 23 heteroatoms. The Morgan fingerprint density at radius 1 is 0.589 bits per heavy atom. The zero-order valence-electron chi connectivity index (χ0n) is 42.5. The summed E-state index contributed by atoms with van der Waals surface area (Å²) in [6.45, 7) is 6.56. The van der Waals surface area contributed by atoms with Crippen LogP contribution in [0.1, 0.15) is 91.9 Å². The standard InChI is InChI=1S/C50H84O23/c1-20(66-44-39(61)36(58)34(56)29(16-51)68-44)8-13-50(64-5)21(2)32-28(73-50)15-26-24-7-6-22-14-23(9-11-48(22,3)25(24)10-12-49(26,32)4)67-45-41(63)38(60)42(31(18-53)70-45)71-47-43(33(55)27(54)19-65-47)72-46-40(62)37(59)35(57)30(17-52)69-46/h20-47,51-63H,6-19H2,1-5H3/t20-,21+,22-,23+,24-,25-,26-,27-,28+,29-,30-,31-,32+,33+,34-,35-,36+,37+,38-,39-,40-,41-,42-,43-,44-,45-,46+,47+,48-,49+,50+/m0/s1. The molecule has 0 aromatic rings. The first-order valence-corrected chi connectivity index (χ1v) is 26.7. The van der Waals surface area contributed by atoms with Crippen LogP contribution in [-0.4, -0.2) is 241 Å². The second kappa shape index (κ2) is 22.3. The smallest absolute Gasteiger partial charge is 0.187 e. The molecule has 0 radical (unpaired) electrons. The van der Waals surface area contributed by atoms with Crippen LogP contribution in [0.2, 0.25) is 0 Å². The molecule has 73 heavy (non-hydrogen) atoms. The summed E-state index contributed by atoms with van der Waals surface area (Å²) in [7, 11) is 1.69. The summed E-state index contributed by atoms with van der Waals surface area (Å²) in [5.74, 6) is 1.33. The molecule has 0 aromatic carbocycles. The number of aliphatic hydroxyl groups is 13. The Morgan fingerprint density at radius 3 is 1.84 bits per heavy atom. The van der Waals surface area contributed by atoms with Crippen LogP contribution in [0, 0.1) is 46.3 Å². The molecule has 9 rings (SSSR count). The Hall–Kier alpha value is -0.920. The zero-order valence-corrected chi connectivity index (χ0v) is 42.5. The van der Waals surface area contributed by atoms with Gasteiger partial charge in [-0.2, -0.15) is 0 Å². The van der Waals surface area contributed by atoms with Crippen molar-refractivity contribution in [3.8, 4) is 0 Å². The van der Waals surface area contributed by atoms with Crippen molar-refractivity contribution in [3.63, 3.8) is 0 Å². The lowest BCUT2D eigenvalue weighted by Gasteiger charge is -2.61. The molecule has 31 atom stereocenters. The van der Waals surface area contributed by atoms with E-state index >= 15 is 0 Å². The highest BCUT2D eigenvalue weighted by molar-refractivity contribution is 5.15. The number of fused-ring (bicyclic) bond motifs is 7.